The number of hydrogen-bond donors (Lipinski definition) is 1. The van der Waals surface area contributed by atoms with Gasteiger partial charge in [-0.05, 0) is 82.0 Å². The largest absolute Gasteiger partial charge is 0.381 e. The Morgan fingerprint density at radius 1 is 1.07 bits per heavy atom. The molecule has 4 aliphatic rings. The van der Waals surface area contributed by atoms with E-state index in [0.717, 1.165) is 19.4 Å². The average molecular weight is 647 g/mol. The van der Waals surface area contributed by atoms with Gasteiger partial charge in [-0.1, -0.05) is 18.2 Å². The maximum atomic E-state index is 15.6. The van der Waals surface area contributed by atoms with Crippen LogP contribution in [0, 0.1) is 12.8 Å². The Hall–Kier alpha value is -2.96. The van der Waals surface area contributed by atoms with Crippen molar-refractivity contribution in [3.63, 3.8) is 0 Å². The molecule has 2 aromatic heterocycles. The number of nitrogens with one attached hydrogen (secondary N) is 1. The van der Waals surface area contributed by atoms with Crippen LogP contribution in [0.1, 0.15) is 84.0 Å². The Kier molecular flexibility index (Phi) is 8.19. The summed E-state index contributed by atoms with van der Waals surface area (Å²) < 4.78 is 88.4. The molecule has 2 fully saturated rings. The zero-order valence-corrected chi connectivity index (χ0v) is 26.4. The van der Waals surface area contributed by atoms with Crippen molar-refractivity contribution < 1.29 is 26.0 Å². The number of sulfone groups is 1. The zero-order valence-electron chi connectivity index (χ0n) is 28.6. The Morgan fingerprint density at radius 3 is 2.62 bits per heavy atom. The van der Waals surface area contributed by atoms with Gasteiger partial charge in [-0.3, -0.25) is 9.36 Å². The molecule has 2 saturated heterocycles. The third kappa shape index (κ3) is 7.23. The first-order valence-electron chi connectivity index (χ1n) is 17.4. The molecule has 0 saturated carbocycles. The molecule has 0 spiro atoms. The number of pyridine rings is 1. The normalized spacial score (nSPS) is 27.5. The zero-order chi connectivity index (χ0) is 34.3. The molecule has 244 valence electrons. The van der Waals surface area contributed by atoms with E-state index in [1.54, 1.807) is 17.6 Å². The first-order chi connectivity index (χ1) is 22.7. The summed E-state index contributed by atoms with van der Waals surface area (Å²) in [6, 6.07) is 5.84. The van der Waals surface area contributed by atoms with E-state index in [4.69, 9.17) is 8.85 Å². The molecule has 3 aromatic rings. The second kappa shape index (κ2) is 13.0. The second-order valence-electron chi connectivity index (χ2n) is 12.7. The number of fused-ring (bicyclic) bond motifs is 9. The number of anilines is 1. The first kappa shape index (κ1) is 28.3. The Morgan fingerprint density at radius 2 is 1.84 bits per heavy atom. The molecule has 7 rings (SSSR count). The number of benzene rings is 1. The quantitative estimate of drug-likeness (QED) is 0.386. The SMILES string of the molecule is [2H]C([2H])([2H])[C@H]1Nc2nc(C)nc3c2cc(C2CCS(=O)(=O)CC2)c(=O)n3CCCOCCCCN2CC(C2)CC(F)(F)c2cccc1c2. The van der Waals surface area contributed by atoms with Crippen LogP contribution < -0.4 is 10.9 Å². The number of hydrogen-bond acceptors (Lipinski definition) is 8. The molecular weight excluding hydrogens is 600 g/mol. The van der Waals surface area contributed by atoms with Crippen molar-refractivity contribution in [2.24, 2.45) is 5.92 Å². The van der Waals surface area contributed by atoms with Gasteiger partial charge in [-0.25, -0.2) is 27.2 Å². The van der Waals surface area contributed by atoms with Crippen LogP contribution in [0.15, 0.2) is 35.1 Å². The number of aromatic nitrogens is 3. The third-order valence-corrected chi connectivity index (χ3v) is 11.0. The van der Waals surface area contributed by atoms with Crippen LogP contribution in [-0.4, -0.2) is 72.2 Å². The summed E-state index contributed by atoms with van der Waals surface area (Å²) >= 11 is 0. The summed E-state index contributed by atoms with van der Waals surface area (Å²) in [6.45, 7) is 2.22. The lowest BCUT2D eigenvalue weighted by atomic mass is 9.89. The molecule has 12 heteroatoms. The molecule has 4 aliphatic heterocycles. The smallest absolute Gasteiger partial charge is 0.273 e. The maximum absolute atomic E-state index is 15.6. The van der Waals surface area contributed by atoms with Gasteiger partial charge in [0.25, 0.3) is 11.5 Å². The highest BCUT2D eigenvalue weighted by atomic mass is 32.2. The van der Waals surface area contributed by atoms with Crippen LogP contribution in [0.4, 0.5) is 14.6 Å². The molecule has 0 radical (unpaired) electrons. The van der Waals surface area contributed by atoms with Gasteiger partial charge in [0.2, 0.25) is 0 Å². The Bertz CT molecular complexity index is 1800. The second-order valence-corrected chi connectivity index (χ2v) is 15.1. The average Bonchev–Trinajstić information content (AvgIpc) is 2.99. The highest BCUT2D eigenvalue weighted by Gasteiger charge is 2.39. The summed E-state index contributed by atoms with van der Waals surface area (Å²) in [5, 5.41) is 3.45. The van der Waals surface area contributed by atoms with E-state index in [1.807, 2.05) is 0 Å². The number of halogens is 2. The number of aryl methyl sites for hydroxylation is 2. The van der Waals surface area contributed by atoms with E-state index in [1.165, 1.54) is 24.3 Å². The fourth-order valence-electron chi connectivity index (χ4n) is 6.79. The lowest BCUT2D eigenvalue weighted by molar-refractivity contribution is -0.0570. The molecule has 8 bridgehead atoms. The van der Waals surface area contributed by atoms with E-state index in [0.29, 0.717) is 68.0 Å². The van der Waals surface area contributed by atoms with E-state index < -0.39 is 28.7 Å². The summed E-state index contributed by atoms with van der Waals surface area (Å²) in [6.07, 6.45) is 2.50. The van der Waals surface area contributed by atoms with E-state index >= 15 is 8.78 Å². The fourth-order valence-corrected chi connectivity index (χ4v) is 8.28. The molecular formula is C33H43F2N5O4S. The minimum atomic E-state index is -3.19. The summed E-state index contributed by atoms with van der Waals surface area (Å²) in [5.41, 5.74) is 0.379. The van der Waals surface area contributed by atoms with Gasteiger partial charge in [-0.2, -0.15) is 0 Å². The van der Waals surface area contributed by atoms with Crippen LogP contribution in [0.3, 0.4) is 0 Å². The first-order valence-corrected chi connectivity index (χ1v) is 17.7. The highest BCUT2D eigenvalue weighted by molar-refractivity contribution is 7.91. The molecule has 0 unspecified atom stereocenters. The fraction of sp³-hybridized carbons (Fsp3) is 0.606. The van der Waals surface area contributed by atoms with Gasteiger partial charge < -0.3 is 15.0 Å². The van der Waals surface area contributed by atoms with Crippen molar-refractivity contribution in [2.75, 3.05) is 49.7 Å². The Labute approximate surface area is 267 Å². The van der Waals surface area contributed by atoms with Crippen molar-refractivity contribution in [1.82, 2.24) is 19.4 Å². The van der Waals surface area contributed by atoms with Crippen molar-refractivity contribution in [1.29, 1.82) is 0 Å². The van der Waals surface area contributed by atoms with Gasteiger partial charge in [0.1, 0.15) is 27.1 Å². The molecule has 1 aromatic carbocycles. The summed E-state index contributed by atoms with van der Waals surface area (Å²) in [7, 11) is -3.19. The van der Waals surface area contributed by atoms with Crippen LogP contribution >= 0.6 is 0 Å². The van der Waals surface area contributed by atoms with E-state index in [9.17, 15) is 13.2 Å². The standard InChI is InChI=1S/C33H43F2N5O4S/c1-22-26-7-5-8-27(17-26)33(34,35)19-24-20-39(21-24)11-3-4-13-44-14-6-12-40-31-29(30(36-22)37-23(2)38-31)18-28(32(40)41)25-9-15-45(42,43)16-10-25/h5,7-8,17-18,22,24-25H,3-4,6,9-16,19-21H2,1-2H3,(H,36,37,38)/t22-/m1/s1/i1D3. The van der Waals surface area contributed by atoms with Gasteiger partial charge in [0, 0.05) is 60.5 Å². The predicted octanol–water partition coefficient (Wildman–Crippen LogP) is 5.18. The lowest BCUT2D eigenvalue weighted by Gasteiger charge is -2.41. The minimum Gasteiger partial charge on any atom is -0.381 e. The molecule has 6 heterocycles. The number of nitrogens with zero attached hydrogens (tertiary/aromatic N) is 4. The van der Waals surface area contributed by atoms with E-state index in [-0.39, 0.29) is 58.8 Å². The van der Waals surface area contributed by atoms with Crippen LogP contribution in [-0.2, 0) is 27.0 Å². The third-order valence-electron chi connectivity index (χ3n) is 9.26. The molecule has 0 aliphatic carbocycles. The van der Waals surface area contributed by atoms with Crippen molar-refractivity contribution in [3.8, 4) is 0 Å². The number of rotatable bonds is 1. The Balaban J connectivity index is 1.45. The molecule has 1 atom stereocenters. The number of ether oxygens (including phenoxy) is 1. The van der Waals surface area contributed by atoms with Crippen molar-refractivity contribution in [3.05, 3.63) is 63.2 Å². The summed E-state index contributed by atoms with van der Waals surface area (Å²) in [4.78, 5) is 25.4. The molecule has 0 amide bonds. The topological polar surface area (TPSA) is 106 Å². The van der Waals surface area contributed by atoms with Crippen molar-refractivity contribution >= 4 is 26.7 Å². The van der Waals surface area contributed by atoms with Crippen LogP contribution in [0.2, 0.25) is 0 Å². The van der Waals surface area contributed by atoms with E-state index in [2.05, 4.69) is 20.2 Å². The molecule has 1 N–H and O–H groups in total. The number of alkyl halides is 2. The predicted molar refractivity (Wildman–Crippen MR) is 171 cm³/mol. The molecule has 9 nitrogen and oxygen atoms in total. The minimum absolute atomic E-state index is 0.0287. The van der Waals surface area contributed by atoms with Crippen LogP contribution in [0.25, 0.3) is 11.0 Å². The summed E-state index contributed by atoms with van der Waals surface area (Å²) in [5.74, 6) is -3.23. The monoisotopic (exact) mass is 646 g/mol. The lowest BCUT2D eigenvalue weighted by Crippen LogP contribution is -2.48. The van der Waals surface area contributed by atoms with Gasteiger partial charge in [0.15, 0.2) is 0 Å². The van der Waals surface area contributed by atoms with Gasteiger partial charge in [-0.15, -0.1) is 0 Å². The van der Waals surface area contributed by atoms with Crippen molar-refractivity contribution in [2.45, 2.75) is 76.7 Å². The molecule has 45 heavy (non-hydrogen) atoms. The maximum Gasteiger partial charge on any atom is 0.273 e. The van der Waals surface area contributed by atoms with Gasteiger partial charge >= 0.3 is 0 Å². The highest BCUT2D eigenvalue weighted by Crippen LogP contribution is 2.39. The van der Waals surface area contributed by atoms with Gasteiger partial charge in [0.05, 0.1) is 16.9 Å². The van der Waals surface area contributed by atoms with Crippen LogP contribution in [0.5, 0.6) is 0 Å².